The highest BCUT2D eigenvalue weighted by Crippen LogP contribution is 2.18. The van der Waals surface area contributed by atoms with Gasteiger partial charge in [-0.05, 0) is 60.9 Å². The number of hydrogen-bond donors (Lipinski definition) is 0. The van der Waals surface area contributed by atoms with Gasteiger partial charge in [0.15, 0.2) is 0 Å². The predicted molar refractivity (Wildman–Crippen MR) is 108 cm³/mol. The van der Waals surface area contributed by atoms with Crippen LogP contribution in [-0.4, -0.2) is 25.2 Å². The number of unbranched alkanes of at least 4 members (excludes halogenated alkanes) is 1. The van der Waals surface area contributed by atoms with E-state index in [0.717, 1.165) is 18.1 Å². The Morgan fingerprint density at radius 2 is 1.59 bits per heavy atom. The van der Waals surface area contributed by atoms with Crippen LogP contribution in [0, 0.1) is 11.3 Å². The smallest absolute Gasteiger partial charge is 0.336 e. The third-order valence-corrected chi connectivity index (χ3v) is 3.71. The monoisotopic (exact) mass is 391 g/mol. The van der Waals surface area contributed by atoms with Crippen molar-refractivity contribution in [3.8, 4) is 17.6 Å². The third kappa shape index (κ3) is 8.14. The van der Waals surface area contributed by atoms with Gasteiger partial charge in [-0.15, -0.1) is 0 Å². The lowest BCUT2D eigenvalue weighted by Crippen LogP contribution is -2.05. The van der Waals surface area contributed by atoms with Crippen LogP contribution < -0.4 is 9.47 Å². The molecule has 2 rings (SSSR count). The van der Waals surface area contributed by atoms with Crippen LogP contribution in [0.5, 0.6) is 11.5 Å². The topological polar surface area (TPSA) is 85.6 Å². The fraction of sp³-hybridized carbons (Fsp3) is 0.174. The van der Waals surface area contributed by atoms with Gasteiger partial charge in [0.2, 0.25) is 0 Å². The van der Waals surface area contributed by atoms with E-state index in [1.165, 1.54) is 6.08 Å². The molecule has 2 aromatic rings. The number of ether oxygens (including phenoxy) is 3. The van der Waals surface area contributed by atoms with Crippen LogP contribution in [0.15, 0.2) is 67.3 Å². The second-order valence-electron chi connectivity index (χ2n) is 5.89. The molecule has 0 N–H and O–H groups in total. The molecule has 0 saturated carbocycles. The molecule has 6 nitrogen and oxygen atoms in total. The Hall–Kier alpha value is -3.85. The number of esters is 2. The van der Waals surface area contributed by atoms with Gasteiger partial charge < -0.3 is 14.2 Å². The first-order valence-electron chi connectivity index (χ1n) is 9.03. The van der Waals surface area contributed by atoms with Crippen LogP contribution in [0.3, 0.4) is 0 Å². The van der Waals surface area contributed by atoms with Gasteiger partial charge in [-0.25, -0.2) is 9.59 Å². The summed E-state index contributed by atoms with van der Waals surface area (Å²) in [5.74, 6) is 0.129. The molecule has 0 heterocycles. The summed E-state index contributed by atoms with van der Waals surface area (Å²) in [4.78, 5) is 22.8. The predicted octanol–water partition coefficient (Wildman–Crippen LogP) is 4.07. The van der Waals surface area contributed by atoms with Crippen LogP contribution in [-0.2, 0) is 14.3 Å². The maximum Gasteiger partial charge on any atom is 0.336 e. The van der Waals surface area contributed by atoms with E-state index >= 15 is 0 Å². The minimum absolute atomic E-state index is 0.332. The van der Waals surface area contributed by atoms with Crippen molar-refractivity contribution in [1.29, 1.82) is 5.26 Å². The highest BCUT2D eigenvalue weighted by molar-refractivity contribution is 5.88. The average Bonchev–Trinajstić information content (AvgIpc) is 2.76. The molecule has 0 aliphatic rings. The Balaban J connectivity index is 1.71. The lowest BCUT2D eigenvalue weighted by molar-refractivity contribution is -0.137. The van der Waals surface area contributed by atoms with Crippen molar-refractivity contribution in [2.75, 3.05) is 13.2 Å². The zero-order chi connectivity index (χ0) is 20.9. The van der Waals surface area contributed by atoms with Crippen molar-refractivity contribution < 1.29 is 23.8 Å². The third-order valence-electron chi connectivity index (χ3n) is 3.71. The molecule has 0 bridgehead atoms. The molecule has 0 saturated heterocycles. The number of hydrogen-bond acceptors (Lipinski definition) is 6. The molecule has 2 aromatic carbocycles. The first-order valence-corrected chi connectivity index (χ1v) is 9.03. The Morgan fingerprint density at radius 3 is 2.24 bits per heavy atom. The van der Waals surface area contributed by atoms with Crippen LogP contribution in [0.25, 0.3) is 6.08 Å². The summed E-state index contributed by atoms with van der Waals surface area (Å²) in [5.41, 5.74) is 1.35. The fourth-order valence-corrected chi connectivity index (χ4v) is 2.21. The molecule has 0 spiro atoms. The molecule has 0 aliphatic carbocycles. The van der Waals surface area contributed by atoms with E-state index in [-0.39, 0.29) is 0 Å². The molecule has 0 amide bonds. The van der Waals surface area contributed by atoms with Crippen molar-refractivity contribution in [1.82, 2.24) is 0 Å². The summed E-state index contributed by atoms with van der Waals surface area (Å²) in [6, 6.07) is 15.6. The minimum Gasteiger partial charge on any atom is -0.494 e. The molecule has 0 atom stereocenters. The van der Waals surface area contributed by atoms with E-state index in [2.05, 4.69) is 6.58 Å². The minimum atomic E-state index is -0.503. The van der Waals surface area contributed by atoms with Gasteiger partial charge in [0.05, 0.1) is 24.8 Å². The highest BCUT2D eigenvalue weighted by Gasteiger charge is 2.02. The van der Waals surface area contributed by atoms with E-state index in [4.69, 9.17) is 19.5 Å². The quantitative estimate of drug-likeness (QED) is 0.263. The van der Waals surface area contributed by atoms with Crippen LogP contribution in [0.2, 0.25) is 0 Å². The van der Waals surface area contributed by atoms with Crippen molar-refractivity contribution in [2.24, 2.45) is 0 Å². The van der Waals surface area contributed by atoms with Crippen molar-refractivity contribution in [3.63, 3.8) is 0 Å². The summed E-state index contributed by atoms with van der Waals surface area (Å²) in [7, 11) is 0. The van der Waals surface area contributed by atoms with Crippen LogP contribution >= 0.6 is 0 Å². The number of benzene rings is 2. The molecule has 29 heavy (non-hydrogen) atoms. The normalized spacial score (nSPS) is 10.2. The molecule has 0 fully saturated rings. The molecule has 0 radical (unpaired) electrons. The van der Waals surface area contributed by atoms with Gasteiger partial charge in [-0.1, -0.05) is 18.7 Å². The maximum absolute atomic E-state index is 11.9. The van der Waals surface area contributed by atoms with Gasteiger partial charge in [-0.3, -0.25) is 0 Å². The summed E-state index contributed by atoms with van der Waals surface area (Å²) in [6.45, 7) is 4.14. The highest BCUT2D eigenvalue weighted by atomic mass is 16.5. The molecular weight excluding hydrogens is 370 g/mol. The molecule has 6 heteroatoms. The number of nitrogens with zero attached hydrogens (tertiary/aromatic N) is 1. The Morgan fingerprint density at radius 1 is 0.931 bits per heavy atom. The first kappa shape index (κ1) is 21.5. The largest absolute Gasteiger partial charge is 0.494 e. The number of carbonyl (C=O) groups is 2. The van der Waals surface area contributed by atoms with E-state index in [1.807, 2.05) is 6.07 Å². The zero-order valence-electron chi connectivity index (χ0n) is 15.9. The van der Waals surface area contributed by atoms with Gasteiger partial charge in [0.1, 0.15) is 11.5 Å². The summed E-state index contributed by atoms with van der Waals surface area (Å²) >= 11 is 0. The molecule has 0 aromatic heterocycles. The van der Waals surface area contributed by atoms with E-state index in [1.54, 1.807) is 54.6 Å². The second-order valence-corrected chi connectivity index (χ2v) is 5.89. The van der Waals surface area contributed by atoms with Gasteiger partial charge in [-0.2, -0.15) is 5.26 Å². The Labute approximate surface area is 169 Å². The summed E-state index contributed by atoms with van der Waals surface area (Å²) < 4.78 is 15.7. The molecule has 0 aliphatic heterocycles. The lowest BCUT2D eigenvalue weighted by atomic mass is 10.1. The molecule has 0 unspecified atom stereocenters. The van der Waals surface area contributed by atoms with Crippen LogP contribution in [0.1, 0.15) is 24.0 Å². The van der Waals surface area contributed by atoms with Crippen LogP contribution in [0.4, 0.5) is 0 Å². The van der Waals surface area contributed by atoms with Crippen molar-refractivity contribution in [3.05, 3.63) is 78.4 Å². The van der Waals surface area contributed by atoms with Crippen molar-refractivity contribution >= 4 is 18.0 Å². The number of nitriles is 1. The Kier molecular flexibility index (Phi) is 8.71. The standard InChI is InChI=1S/C23H21NO5/c1-2-22(25)28-16-4-3-15-27-20-10-12-21(13-11-20)29-23(26)14-9-18-5-7-19(17-24)8-6-18/h2,5-14H,1,3-4,15-16H2. The first-order chi connectivity index (χ1) is 14.1. The van der Waals surface area contributed by atoms with E-state index in [0.29, 0.717) is 36.7 Å². The van der Waals surface area contributed by atoms with Gasteiger partial charge >= 0.3 is 11.9 Å². The van der Waals surface area contributed by atoms with E-state index < -0.39 is 11.9 Å². The van der Waals surface area contributed by atoms with Gasteiger partial charge in [0, 0.05) is 12.2 Å². The van der Waals surface area contributed by atoms with E-state index in [9.17, 15) is 9.59 Å². The second kappa shape index (κ2) is 11.8. The van der Waals surface area contributed by atoms with Crippen molar-refractivity contribution in [2.45, 2.75) is 12.8 Å². The molecule has 148 valence electrons. The summed E-state index contributed by atoms with van der Waals surface area (Å²) in [5, 5.41) is 8.77. The number of rotatable bonds is 10. The molecular formula is C23H21NO5. The lowest BCUT2D eigenvalue weighted by Gasteiger charge is -2.07. The zero-order valence-corrected chi connectivity index (χ0v) is 15.9. The average molecular weight is 391 g/mol. The maximum atomic E-state index is 11.9. The van der Waals surface area contributed by atoms with Gasteiger partial charge in [0.25, 0.3) is 0 Å². The SMILES string of the molecule is C=CC(=O)OCCCCOc1ccc(OC(=O)C=Cc2ccc(C#N)cc2)cc1. The fourth-order valence-electron chi connectivity index (χ4n) is 2.21. The Bertz CT molecular complexity index is 892. The number of carbonyl (C=O) groups excluding carboxylic acids is 2. The summed E-state index contributed by atoms with van der Waals surface area (Å²) in [6.07, 6.45) is 5.51.